The van der Waals surface area contributed by atoms with Crippen molar-refractivity contribution in [3.8, 4) is 5.88 Å². The molecule has 0 aliphatic carbocycles. The van der Waals surface area contributed by atoms with Crippen molar-refractivity contribution in [2.75, 3.05) is 26.3 Å². The number of aromatic nitrogens is 1. The molecular weight excluding hydrogens is 274 g/mol. The molecule has 1 aliphatic heterocycles. The molecule has 1 saturated heterocycles. The van der Waals surface area contributed by atoms with Crippen LogP contribution in [-0.2, 0) is 9.53 Å². The summed E-state index contributed by atoms with van der Waals surface area (Å²) in [6, 6.07) is 3.32. The van der Waals surface area contributed by atoms with Crippen molar-refractivity contribution in [3.05, 3.63) is 23.9 Å². The van der Waals surface area contributed by atoms with E-state index < -0.39 is 11.5 Å². The normalized spacial score (nSPS) is 21.9. The van der Waals surface area contributed by atoms with Crippen LogP contribution in [0.4, 0.5) is 0 Å². The summed E-state index contributed by atoms with van der Waals surface area (Å²) in [5.41, 5.74) is 4.54. The molecule has 2 N–H and O–H groups in total. The molecule has 1 unspecified atom stereocenters. The third-order valence-electron chi connectivity index (χ3n) is 3.37. The summed E-state index contributed by atoms with van der Waals surface area (Å²) >= 11 is 0. The minimum Gasteiger partial charge on any atom is -0.477 e. The second kappa shape index (κ2) is 6.09. The van der Waals surface area contributed by atoms with Gasteiger partial charge in [0.15, 0.2) is 5.60 Å². The first-order valence-corrected chi connectivity index (χ1v) is 6.79. The minimum absolute atomic E-state index is 0.113. The number of nitrogens with two attached hydrogens (primary N) is 1. The Bertz CT molecular complexity index is 549. The summed E-state index contributed by atoms with van der Waals surface area (Å²) in [4.78, 5) is 29.7. The van der Waals surface area contributed by atoms with Gasteiger partial charge in [-0.2, -0.15) is 0 Å². The van der Waals surface area contributed by atoms with Crippen molar-refractivity contribution in [2.24, 2.45) is 5.73 Å². The number of carbonyl (C=O) groups excluding carboxylic acids is 2. The molecule has 0 saturated carbocycles. The van der Waals surface area contributed by atoms with Crippen LogP contribution in [0.15, 0.2) is 18.3 Å². The zero-order valence-electron chi connectivity index (χ0n) is 12.2. The highest BCUT2D eigenvalue weighted by atomic mass is 16.5. The van der Waals surface area contributed by atoms with Crippen LogP contribution in [0.25, 0.3) is 0 Å². The van der Waals surface area contributed by atoms with Crippen LogP contribution in [-0.4, -0.2) is 53.6 Å². The number of hydrogen-bond donors (Lipinski definition) is 1. The molecule has 1 aromatic rings. The summed E-state index contributed by atoms with van der Waals surface area (Å²) < 4.78 is 10.8. The van der Waals surface area contributed by atoms with E-state index in [0.29, 0.717) is 18.7 Å². The molecule has 7 heteroatoms. The zero-order chi connectivity index (χ0) is 15.5. The van der Waals surface area contributed by atoms with Crippen molar-refractivity contribution in [3.63, 3.8) is 0 Å². The Hall–Kier alpha value is -2.15. The average molecular weight is 293 g/mol. The molecule has 2 rings (SSSR count). The fraction of sp³-hybridized carbons (Fsp3) is 0.500. The first-order valence-electron chi connectivity index (χ1n) is 6.79. The molecule has 1 aliphatic rings. The lowest BCUT2D eigenvalue weighted by Gasteiger charge is -2.38. The van der Waals surface area contributed by atoms with Gasteiger partial charge in [0.1, 0.15) is 5.56 Å². The Morgan fingerprint density at radius 2 is 2.33 bits per heavy atom. The van der Waals surface area contributed by atoms with E-state index in [1.807, 2.05) is 6.92 Å². The van der Waals surface area contributed by atoms with Gasteiger partial charge < -0.3 is 20.1 Å². The molecule has 2 heterocycles. The molecule has 1 aromatic heterocycles. The summed E-state index contributed by atoms with van der Waals surface area (Å²) in [6.45, 7) is 4.59. The first kappa shape index (κ1) is 15.2. The Kier molecular flexibility index (Phi) is 4.42. The molecule has 0 spiro atoms. The number of nitrogens with zero attached hydrogens (tertiary/aromatic N) is 2. The van der Waals surface area contributed by atoms with Crippen LogP contribution in [0.3, 0.4) is 0 Å². The van der Waals surface area contributed by atoms with Crippen LogP contribution in [0.1, 0.15) is 24.2 Å². The van der Waals surface area contributed by atoms with E-state index in [2.05, 4.69) is 4.98 Å². The van der Waals surface area contributed by atoms with E-state index in [1.54, 1.807) is 25.3 Å². The van der Waals surface area contributed by atoms with Gasteiger partial charge in [0.25, 0.3) is 11.8 Å². The Morgan fingerprint density at radius 3 is 3.00 bits per heavy atom. The van der Waals surface area contributed by atoms with Crippen LogP contribution >= 0.6 is 0 Å². The first-order chi connectivity index (χ1) is 9.98. The number of primary amides is 1. The Labute approximate surface area is 123 Å². The fourth-order valence-electron chi connectivity index (χ4n) is 2.17. The van der Waals surface area contributed by atoms with E-state index in [1.165, 1.54) is 4.90 Å². The van der Waals surface area contributed by atoms with Crippen molar-refractivity contribution in [1.29, 1.82) is 0 Å². The van der Waals surface area contributed by atoms with Gasteiger partial charge in [-0.1, -0.05) is 0 Å². The maximum atomic E-state index is 12.6. The molecule has 21 heavy (non-hydrogen) atoms. The van der Waals surface area contributed by atoms with Crippen LogP contribution < -0.4 is 10.5 Å². The number of morpholine rings is 1. The molecule has 0 bridgehead atoms. The van der Waals surface area contributed by atoms with Gasteiger partial charge >= 0.3 is 0 Å². The minimum atomic E-state index is -1.16. The van der Waals surface area contributed by atoms with E-state index in [0.717, 1.165) is 0 Å². The van der Waals surface area contributed by atoms with Crippen molar-refractivity contribution in [2.45, 2.75) is 19.4 Å². The van der Waals surface area contributed by atoms with Gasteiger partial charge in [0.2, 0.25) is 5.88 Å². The zero-order valence-corrected chi connectivity index (χ0v) is 12.2. The quantitative estimate of drug-likeness (QED) is 0.855. The lowest BCUT2D eigenvalue weighted by molar-refractivity contribution is -0.150. The lowest BCUT2D eigenvalue weighted by Crippen LogP contribution is -2.58. The molecule has 1 fully saturated rings. The molecule has 7 nitrogen and oxygen atoms in total. The van der Waals surface area contributed by atoms with Crippen LogP contribution in [0.5, 0.6) is 5.88 Å². The predicted octanol–water partition coefficient (Wildman–Crippen LogP) is 0.197. The number of ether oxygens (including phenoxy) is 2. The van der Waals surface area contributed by atoms with Gasteiger partial charge in [0.05, 0.1) is 19.8 Å². The maximum absolute atomic E-state index is 12.6. The highest BCUT2D eigenvalue weighted by molar-refractivity contribution is 5.97. The SMILES string of the molecule is CCOc1ncccc1C(=O)N1CCOC(C)(C(N)=O)C1. The van der Waals surface area contributed by atoms with Gasteiger partial charge in [-0.05, 0) is 26.0 Å². The van der Waals surface area contributed by atoms with Gasteiger partial charge in [0, 0.05) is 12.7 Å². The largest absolute Gasteiger partial charge is 0.477 e. The standard InChI is InChI=1S/C14H19N3O4/c1-3-20-11-10(5-4-6-16-11)12(18)17-7-8-21-14(2,9-17)13(15)19/h4-6H,3,7-9H2,1-2H3,(H2,15,19). The monoisotopic (exact) mass is 293 g/mol. The summed E-state index contributed by atoms with van der Waals surface area (Å²) in [6.07, 6.45) is 1.56. The molecule has 114 valence electrons. The summed E-state index contributed by atoms with van der Waals surface area (Å²) in [5.74, 6) is -0.546. The highest BCUT2D eigenvalue weighted by Crippen LogP contribution is 2.22. The maximum Gasteiger partial charge on any atom is 0.259 e. The second-order valence-corrected chi connectivity index (χ2v) is 4.96. The van der Waals surface area contributed by atoms with Crippen LogP contribution in [0.2, 0.25) is 0 Å². The summed E-state index contributed by atoms with van der Waals surface area (Å²) in [7, 11) is 0. The number of carbonyl (C=O) groups is 2. The highest BCUT2D eigenvalue weighted by Gasteiger charge is 2.39. The van der Waals surface area contributed by atoms with Crippen molar-refractivity contribution in [1.82, 2.24) is 9.88 Å². The van der Waals surface area contributed by atoms with Crippen molar-refractivity contribution < 1.29 is 19.1 Å². The smallest absolute Gasteiger partial charge is 0.259 e. The molecule has 1 atom stereocenters. The van der Waals surface area contributed by atoms with Gasteiger partial charge in [-0.25, -0.2) is 4.98 Å². The average Bonchev–Trinajstić information content (AvgIpc) is 2.47. The molecule has 0 aromatic carbocycles. The fourth-order valence-corrected chi connectivity index (χ4v) is 2.17. The third-order valence-corrected chi connectivity index (χ3v) is 3.37. The number of pyridine rings is 1. The molecular formula is C14H19N3O4. The van der Waals surface area contributed by atoms with Crippen molar-refractivity contribution >= 4 is 11.8 Å². The Morgan fingerprint density at radius 1 is 1.57 bits per heavy atom. The van der Waals surface area contributed by atoms with E-state index >= 15 is 0 Å². The predicted molar refractivity (Wildman–Crippen MR) is 74.9 cm³/mol. The van der Waals surface area contributed by atoms with E-state index in [4.69, 9.17) is 15.2 Å². The Balaban J connectivity index is 2.22. The third kappa shape index (κ3) is 3.13. The van der Waals surface area contributed by atoms with E-state index in [-0.39, 0.29) is 24.9 Å². The van der Waals surface area contributed by atoms with Crippen LogP contribution in [0, 0.1) is 0 Å². The second-order valence-electron chi connectivity index (χ2n) is 4.96. The molecule has 2 amide bonds. The van der Waals surface area contributed by atoms with Gasteiger partial charge in [-0.3, -0.25) is 9.59 Å². The molecule has 0 radical (unpaired) electrons. The van der Waals surface area contributed by atoms with Gasteiger partial charge in [-0.15, -0.1) is 0 Å². The summed E-state index contributed by atoms with van der Waals surface area (Å²) in [5, 5.41) is 0. The lowest BCUT2D eigenvalue weighted by atomic mass is 10.0. The topological polar surface area (TPSA) is 94.8 Å². The number of hydrogen-bond acceptors (Lipinski definition) is 5. The number of rotatable bonds is 4. The van der Waals surface area contributed by atoms with E-state index in [9.17, 15) is 9.59 Å². The number of amides is 2.